The molecule has 3 aromatic rings. The van der Waals surface area contributed by atoms with Gasteiger partial charge in [-0.1, -0.05) is 54.7 Å². The average Bonchev–Trinajstić information content (AvgIpc) is 3.48. The van der Waals surface area contributed by atoms with Gasteiger partial charge in [0.05, 0.1) is 34.6 Å². The second-order valence-corrected chi connectivity index (χ2v) is 9.36. The fraction of sp³-hybridized carbons (Fsp3) is 0.296. The first-order chi connectivity index (χ1) is 17.4. The molecule has 36 heavy (non-hydrogen) atoms. The monoisotopic (exact) mass is 527 g/mol. The van der Waals surface area contributed by atoms with Gasteiger partial charge in [0.15, 0.2) is 0 Å². The molecule has 1 saturated heterocycles. The molecule has 188 valence electrons. The third kappa shape index (κ3) is 5.58. The number of ether oxygens (including phenoxy) is 1. The number of likely N-dealkylation sites (tertiary alicyclic amines) is 1. The summed E-state index contributed by atoms with van der Waals surface area (Å²) in [5, 5.41) is 12.0. The van der Waals surface area contributed by atoms with Gasteiger partial charge in [-0.05, 0) is 42.7 Å². The van der Waals surface area contributed by atoms with Gasteiger partial charge in [0, 0.05) is 31.0 Å². The Balaban J connectivity index is 1.71. The van der Waals surface area contributed by atoms with Crippen molar-refractivity contribution < 1.29 is 19.4 Å². The lowest BCUT2D eigenvalue weighted by atomic mass is 9.95. The fourth-order valence-electron chi connectivity index (χ4n) is 4.21. The number of hydrogen-bond acceptors (Lipinski definition) is 5. The summed E-state index contributed by atoms with van der Waals surface area (Å²) in [4.78, 5) is 31.9. The second-order valence-electron chi connectivity index (χ2n) is 8.55. The summed E-state index contributed by atoms with van der Waals surface area (Å²) in [5.41, 5.74) is 0.986. The van der Waals surface area contributed by atoms with Gasteiger partial charge < -0.3 is 19.3 Å². The third-order valence-electron chi connectivity index (χ3n) is 6.05. The van der Waals surface area contributed by atoms with Crippen LogP contribution in [-0.4, -0.2) is 44.4 Å². The first-order valence-corrected chi connectivity index (χ1v) is 12.6. The molecule has 0 saturated carbocycles. The van der Waals surface area contributed by atoms with E-state index in [1.165, 1.54) is 4.90 Å². The Labute approximate surface area is 219 Å². The SMILES string of the molecule is CCCCOc1cccc(/C(O)=C2\C(=O)C(=O)N(CCCn3ccnc3)C2c2ccc(Cl)c(Cl)c2)c1. The molecule has 9 heteroatoms. The van der Waals surface area contributed by atoms with E-state index in [-0.39, 0.29) is 11.3 Å². The highest BCUT2D eigenvalue weighted by Gasteiger charge is 2.46. The molecule has 1 fully saturated rings. The number of amides is 1. The summed E-state index contributed by atoms with van der Waals surface area (Å²) in [7, 11) is 0. The number of hydrogen-bond donors (Lipinski definition) is 1. The number of aryl methyl sites for hydroxylation is 1. The average molecular weight is 528 g/mol. The fourth-order valence-corrected chi connectivity index (χ4v) is 4.51. The van der Waals surface area contributed by atoms with E-state index in [0.29, 0.717) is 53.0 Å². The van der Waals surface area contributed by atoms with Crippen molar-refractivity contribution in [3.63, 3.8) is 0 Å². The zero-order valence-electron chi connectivity index (χ0n) is 19.9. The van der Waals surface area contributed by atoms with Crippen molar-refractivity contribution in [1.29, 1.82) is 0 Å². The molecule has 1 N–H and O–H groups in total. The number of ketones is 1. The van der Waals surface area contributed by atoms with Crippen LogP contribution in [0.4, 0.5) is 0 Å². The van der Waals surface area contributed by atoms with E-state index >= 15 is 0 Å². The van der Waals surface area contributed by atoms with Crippen molar-refractivity contribution in [2.24, 2.45) is 0 Å². The van der Waals surface area contributed by atoms with Gasteiger partial charge in [-0.15, -0.1) is 0 Å². The lowest BCUT2D eigenvalue weighted by Gasteiger charge is -2.25. The summed E-state index contributed by atoms with van der Waals surface area (Å²) in [6.45, 7) is 3.53. The van der Waals surface area contributed by atoms with E-state index < -0.39 is 17.7 Å². The Bertz CT molecular complexity index is 1270. The predicted octanol–water partition coefficient (Wildman–Crippen LogP) is 5.88. The number of carbonyl (C=O) groups is 2. The van der Waals surface area contributed by atoms with E-state index in [1.54, 1.807) is 55.0 Å². The van der Waals surface area contributed by atoms with Gasteiger partial charge in [0.25, 0.3) is 11.7 Å². The lowest BCUT2D eigenvalue weighted by Crippen LogP contribution is -2.31. The molecule has 7 nitrogen and oxygen atoms in total. The van der Waals surface area contributed by atoms with Crippen molar-refractivity contribution in [2.75, 3.05) is 13.2 Å². The number of benzene rings is 2. The number of nitrogens with zero attached hydrogens (tertiary/aromatic N) is 3. The van der Waals surface area contributed by atoms with Crippen LogP contribution in [-0.2, 0) is 16.1 Å². The summed E-state index contributed by atoms with van der Waals surface area (Å²) < 4.78 is 7.66. The van der Waals surface area contributed by atoms with Crippen LogP contribution < -0.4 is 4.74 Å². The van der Waals surface area contributed by atoms with Crippen molar-refractivity contribution >= 4 is 40.7 Å². The van der Waals surface area contributed by atoms with Crippen molar-refractivity contribution in [1.82, 2.24) is 14.5 Å². The molecule has 0 spiro atoms. The Morgan fingerprint density at radius 1 is 1.08 bits per heavy atom. The molecule has 0 aliphatic carbocycles. The normalized spacial score (nSPS) is 17.1. The third-order valence-corrected chi connectivity index (χ3v) is 6.79. The van der Waals surface area contributed by atoms with Crippen molar-refractivity contribution in [3.05, 3.63) is 87.9 Å². The van der Waals surface area contributed by atoms with Crippen molar-refractivity contribution in [2.45, 2.75) is 38.8 Å². The Morgan fingerprint density at radius 2 is 1.92 bits per heavy atom. The van der Waals surface area contributed by atoms with Gasteiger partial charge in [0.2, 0.25) is 0 Å². The molecule has 1 atom stereocenters. The van der Waals surface area contributed by atoms with Gasteiger partial charge >= 0.3 is 0 Å². The molecular weight excluding hydrogens is 501 g/mol. The number of imidazole rings is 1. The van der Waals surface area contributed by atoms with Crippen LogP contribution in [0.15, 0.2) is 66.8 Å². The first kappa shape index (κ1) is 25.8. The lowest BCUT2D eigenvalue weighted by molar-refractivity contribution is -0.139. The maximum Gasteiger partial charge on any atom is 0.295 e. The number of aromatic nitrogens is 2. The minimum Gasteiger partial charge on any atom is -0.507 e. The number of halogens is 2. The van der Waals surface area contributed by atoms with Crippen LogP contribution in [0.25, 0.3) is 5.76 Å². The number of carbonyl (C=O) groups excluding carboxylic acids is 2. The topological polar surface area (TPSA) is 84.7 Å². The molecule has 1 unspecified atom stereocenters. The van der Waals surface area contributed by atoms with Gasteiger partial charge in [-0.2, -0.15) is 0 Å². The molecule has 2 heterocycles. The van der Waals surface area contributed by atoms with E-state index in [2.05, 4.69) is 11.9 Å². The Morgan fingerprint density at radius 3 is 2.64 bits per heavy atom. The molecule has 4 rings (SSSR count). The minimum absolute atomic E-state index is 0.00623. The quantitative estimate of drug-likeness (QED) is 0.154. The maximum absolute atomic E-state index is 13.2. The summed E-state index contributed by atoms with van der Waals surface area (Å²) in [5.74, 6) is -1.10. The molecule has 1 aromatic heterocycles. The number of rotatable bonds is 10. The number of aliphatic hydroxyl groups is 1. The van der Waals surface area contributed by atoms with Crippen LogP contribution >= 0.6 is 23.2 Å². The number of aliphatic hydroxyl groups excluding tert-OH is 1. The highest BCUT2D eigenvalue weighted by atomic mass is 35.5. The predicted molar refractivity (Wildman–Crippen MR) is 139 cm³/mol. The van der Waals surface area contributed by atoms with E-state index in [4.69, 9.17) is 27.9 Å². The van der Waals surface area contributed by atoms with E-state index in [0.717, 1.165) is 12.8 Å². The molecule has 1 amide bonds. The molecule has 0 radical (unpaired) electrons. The van der Waals surface area contributed by atoms with Crippen LogP contribution in [0.3, 0.4) is 0 Å². The highest BCUT2D eigenvalue weighted by molar-refractivity contribution is 6.46. The van der Waals surface area contributed by atoms with Crippen LogP contribution in [0.1, 0.15) is 43.4 Å². The van der Waals surface area contributed by atoms with Crippen LogP contribution in [0.5, 0.6) is 5.75 Å². The Kier molecular flexibility index (Phi) is 8.33. The molecular formula is C27H27Cl2N3O4. The second kappa shape index (κ2) is 11.6. The van der Waals surface area contributed by atoms with E-state index in [9.17, 15) is 14.7 Å². The van der Waals surface area contributed by atoms with Gasteiger partial charge in [0.1, 0.15) is 11.5 Å². The van der Waals surface area contributed by atoms with Crippen LogP contribution in [0, 0.1) is 0 Å². The summed E-state index contributed by atoms with van der Waals surface area (Å²) in [6.07, 6.45) is 7.69. The molecule has 0 bridgehead atoms. The highest BCUT2D eigenvalue weighted by Crippen LogP contribution is 2.41. The summed E-state index contributed by atoms with van der Waals surface area (Å²) >= 11 is 12.4. The molecule has 1 aliphatic heterocycles. The first-order valence-electron chi connectivity index (χ1n) is 11.8. The standard InChI is InChI=1S/C27H27Cl2N3O4/c1-2-3-14-36-20-7-4-6-19(15-20)25(33)23-24(18-8-9-21(28)22(29)16-18)32(27(35)26(23)34)12-5-11-31-13-10-30-17-31/h4,6-10,13,15-17,24,33H,2-3,5,11-12,14H2,1H3/b25-23+. The number of unbranched alkanes of at least 4 members (excludes halogenated alkanes) is 1. The van der Waals surface area contributed by atoms with Gasteiger partial charge in [-0.25, -0.2) is 4.98 Å². The largest absolute Gasteiger partial charge is 0.507 e. The van der Waals surface area contributed by atoms with E-state index in [1.807, 2.05) is 10.8 Å². The molecule has 2 aromatic carbocycles. The Hall–Kier alpha value is -3.29. The molecule has 1 aliphatic rings. The zero-order valence-corrected chi connectivity index (χ0v) is 21.4. The number of Topliss-reactive ketones (excluding diaryl/α,β-unsaturated/α-hetero) is 1. The zero-order chi connectivity index (χ0) is 25.7. The minimum atomic E-state index is -0.813. The van der Waals surface area contributed by atoms with Crippen molar-refractivity contribution in [3.8, 4) is 5.75 Å². The smallest absolute Gasteiger partial charge is 0.295 e. The van der Waals surface area contributed by atoms with Crippen LogP contribution in [0.2, 0.25) is 10.0 Å². The summed E-state index contributed by atoms with van der Waals surface area (Å²) in [6, 6.07) is 11.0. The van der Waals surface area contributed by atoms with Gasteiger partial charge in [-0.3, -0.25) is 9.59 Å². The maximum atomic E-state index is 13.2.